The molecule has 0 aromatic carbocycles. The molecule has 1 amide bonds. The van der Waals surface area contributed by atoms with Crippen molar-refractivity contribution >= 4 is 11.9 Å². The van der Waals surface area contributed by atoms with E-state index in [1.807, 2.05) is 0 Å². The van der Waals surface area contributed by atoms with E-state index in [9.17, 15) is 9.59 Å². The number of carbonyl (C=O) groups excluding carboxylic acids is 2. The molecule has 0 saturated carbocycles. The number of hydrogen-bond donors (Lipinski definition) is 1. The molecule has 6 nitrogen and oxygen atoms in total. The maximum absolute atomic E-state index is 11.7. The molecule has 1 aromatic heterocycles. The number of methoxy groups -OCH3 is 1. The third-order valence-corrected chi connectivity index (χ3v) is 1.91. The first kappa shape index (κ1) is 13.0. The molecule has 17 heavy (non-hydrogen) atoms. The van der Waals surface area contributed by atoms with Crippen LogP contribution < -0.4 is 10.1 Å². The number of hydrogen-bond acceptors (Lipinski definition) is 5. The quantitative estimate of drug-likeness (QED) is 0.750. The summed E-state index contributed by atoms with van der Waals surface area (Å²) in [5, 5.41) is 2.42. The zero-order valence-electron chi connectivity index (χ0n) is 9.73. The third-order valence-electron chi connectivity index (χ3n) is 1.91. The Morgan fingerprint density at radius 3 is 2.88 bits per heavy atom. The number of amides is 1. The van der Waals surface area contributed by atoms with Crippen LogP contribution in [0.2, 0.25) is 0 Å². The fourth-order valence-electron chi connectivity index (χ4n) is 1.19. The van der Waals surface area contributed by atoms with Gasteiger partial charge in [-0.1, -0.05) is 0 Å². The molecule has 92 valence electrons. The van der Waals surface area contributed by atoms with Crippen LogP contribution in [0.25, 0.3) is 0 Å². The molecule has 0 radical (unpaired) electrons. The topological polar surface area (TPSA) is 77.5 Å². The third kappa shape index (κ3) is 3.75. The van der Waals surface area contributed by atoms with Crippen molar-refractivity contribution < 1.29 is 19.1 Å². The fourth-order valence-corrected chi connectivity index (χ4v) is 1.19. The second-order valence-electron chi connectivity index (χ2n) is 3.05. The summed E-state index contributed by atoms with van der Waals surface area (Å²) in [6, 6.07) is 3.17. The molecule has 0 aliphatic heterocycles. The number of pyridine rings is 1. The van der Waals surface area contributed by atoms with Gasteiger partial charge in [0.2, 0.25) is 5.88 Å². The molecule has 0 aliphatic rings. The van der Waals surface area contributed by atoms with Gasteiger partial charge in [-0.25, -0.2) is 4.98 Å². The molecular weight excluding hydrogens is 224 g/mol. The Labute approximate surface area is 98.9 Å². The van der Waals surface area contributed by atoms with Gasteiger partial charge in [-0.2, -0.15) is 0 Å². The average molecular weight is 238 g/mol. The van der Waals surface area contributed by atoms with Crippen LogP contribution in [-0.2, 0) is 9.53 Å². The van der Waals surface area contributed by atoms with Gasteiger partial charge in [0.15, 0.2) is 0 Å². The van der Waals surface area contributed by atoms with Crippen molar-refractivity contribution in [1.82, 2.24) is 10.3 Å². The van der Waals surface area contributed by atoms with Crippen LogP contribution in [0.5, 0.6) is 5.88 Å². The summed E-state index contributed by atoms with van der Waals surface area (Å²) < 4.78 is 9.62. The smallest absolute Gasteiger partial charge is 0.325 e. The zero-order chi connectivity index (χ0) is 12.7. The van der Waals surface area contributed by atoms with Gasteiger partial charge in [0.05, 0.1) is 13.7 Å². The maximum Gasteiger partial charge on any atom is 0.325 e. The monoisotopic (exact) mass is 238 g/mol. The van der Waals surface area contributed by atoms with E-state index in [-0.39, 0.29) is 24.6 Å². The van der Waals surface area contributed by atoms with Gasteiger partial charge in [-0.05, 0) is 19.1 Å². The SMILES string of the molecule is CCOC(=O)CNC(=O)c1cccnc1OC. The molecular formula is C11H14N2O4. The summed E-state index contributed by atoms with van der Waals surface area (Å²) in [7, 11) is 1.42. The minimum Gasteiger partial charge on any atom is -0.480 e. The van der Waals surface area contributed by atoms with Gasteiger partial charge < -0.3 is 14.8 Å². The standard InChI is InChI=1S/C11H14N2O4/c1-3-17-9(14)7-13-10(15)8-5-4-6-12-11(8)16-2/h4-6H,3,7H2,1-2H3,(H,13,15). The lowest BCUT2D eigenvalue weighted by Gasteiger charge is -2.07. The summed E-state index contributed by atoms with van der Waals surface area (Å²) >= 11 is 0. The lowest BCUT2D eigenvalue weighted by Crippen LogP contribution is -2.31. The second kappa shape index (κ2) is 6.47. The molecule has 0 unspecified atom stereocenters. The molecule has 6 heteroatoms. The molecule has 1 N–H and O–H groups in total. The highest BCUT2D eigenvalue weighted by molar-refractivity contribution is 5.97. The normalized spacial score (nSPS) is 9.53. The maximum atomic E-state index is 11.7. The summed E-state index contributed by atoms with van der Waals surface area (Å²) in [4.78, 5) is 26.6. The van der Waals surface area contributed by atoms with Crippen molar-refractivity contribution in [2.45, 2.75) is 6.92 Å². The van der Waals surface area contributed by atoms with Gasteiger partial charge in [-0.3, -0.25) is 9.59 Å². The molecule has 0 atom stereocenters. The summed E-state index contributed by atoms with van der Waals surface area (Å²) in [6.07, 6.45) is 1.51. The summed E-state index contributed by atoms with van der Waals surface area (Å²) in [5.74, 6) is -0.694. The van der Waals surface area contributed by atoms with E-state index < -0.39 is 11.9 Å². The number of ether oxygens (including phenoxy) is 2. The predicted molar refractivity (Wildman–Crippen MR) is 59.8 cm³/mol. The summed E-state index contributed by atoms with van der Waals surface area (Å²) in [5.41, 5.74) is 0.277. The van der Waals surface area contributed by atoms with Gasteiger partial charge in [0.25, 0.3) is 5.91 Å². The molecule has 0 fully saturated rings. The van der Waals surface area contributed by atoms with Gasteiger partial charge in [0, 0.05) is 6.20 Å². The van der Waals surface area contributed by atoms with Crippen LogP contribution in [0, 0.1) is 0 Å². The largest absolute Gasteiger partial charge is 0.480 e. The van der Waals surface area contributed by atoms with Crippen LogP contribution in [0.1, 0.15) is 17.3 Å². The van der Waals surface area contributed by atoms with Gasteiger partial charge >= 0.3 is 5.97 Å². The Bertz CT molecular complexity index is 406. The van der Waals surface area contributed by atoms with Crippen molar-refractivity contribution in [3.8, 4) is 5.88 Å². The molecule has 1 aromatic rings. The first-order valence-corrected chi connectivity index (χ1v) is 5.11. The molecule has 0 spiro atoms. The van der Waals surface area contributed by atoms with E-state index >= 15 is 0 Å². The first-order chi connectivity index (χ1) is 8.19. The highest BCUT2D eigenvalue weighted by atomic mass is 16.5. The number of nitrogens with zero attached hydrogens (tertiary/aromatic N) is 1. The van der Waals surface area contributed by atoms with E-state index in [0.29, 0.717) is 0 Å². The van der Waals surface area contributed by atoms with Gasteiger partial charge in [-0.15, -0.1) is 0 Å². The second-order valence-corrected chi connectivity index (χ2v) is 3.05. The first-order valence-electron chi connectivity index (χ1n) is 5.11. The van der Waals surface area contributed by atoms with Crippen molar-refractivity contribution in [1.29, 1.82) is 0 Å². The van der Waals surface area contributed by atoms with E-state index in [1.165, 1.54) is 13.3 Å². The number of aromatic nitrogens is 1. The van der Waals surface area contributed by atoms with Crippen LogP contribution in [0.3, 0.4) is 0 Å². The Hall–Kier alpha value is -2.11. The average Bonchev–Trinajstić information content (AvgIpc) is 2.36. The number of nitrogens with one attached hydrogen (secondary N) is 1. The highest BCUT2D eigenvalue weighted by Crippen LogP contribution is 2.12. The Kier molecular flexibility index (Phi) is 4.93. The summed E-state index contributed by atoms with van der Waals surface area (Å²) in [6.45, 7) is 1.81. The number of rotatable bonds is 5. The van der Waals surface area contributed by atoms with Crippen molar-refractivity contribution in [2.24, 2.45) is 0 Å². The van der Waals surface area contributed by atoms with Gasteiger partial charge in [0.1, 0.15) is 12.1 Å². The molecule has 0 saturated heterocycles. The zero-order valence-corrected chi connectivity index (χ0v) is 9.73. The van der Waals surface area contributed by atoms with Crippen LogP contribution in [0.15, 0.2) is 18.3 Å². The minimum absolute atomic E-state index is 0.176. The molecule has 1 heterocycles. The Balaban J connectivity index is 2.61. The van der Waals surface area contributed by atoms with Crippen molar-refractivity contribution in [3.63, 3.8) is 0 Å². The van der Waals surface area contributed by atoms with E-state index in [0.717, 1.165) is 0 Å². The van der Waals surface area contributed by atoms with Crippen LogP contribution in [0.4, 0.5) is 0 Å². The lowest BCUT2D eigenvalue weighted by molar-refractivity contribution is -0.141. The molecule has 0 bridgehead atoms. The van der Waals surface area contributed by atoms with E-state index in [4.69, 9.17) is 4.74 Å². The van der Waals surface area contributed by atoms with Crippen molar-refractivity contribution in [3.05, 3.63) is 23.9 Å². The fraction of sp³-hybridized carbons (Fsp3) is 0.364. The van der Waals surface area contributed by atoms with E-state index in [2.05, 4.69) is 15.0 Å². The predicted octanol–water partition coefficient (Wildman–Crippen LogP) is 0.383. The Morgan fingerprint density at radius 1 is 1.47 bits per heavy atom. The Morgan fingerprint density at radius 2 is 2.24 bits per heavy atom. The number of esters is 1. The van der Waals surface area contributed by atoms with Crippen LogP contribution >= 0.6 is 0 Å². The number of carbonyl (C=O) groups is 2. The minimum atomic E-state index is -0.483. The van der Waals surface area contributed by atoms with Crippen LogP contribution in [-0.4, -0.2) is 37.1 Å². The van der Waals surface area contributed by atoms with E-state index in [1.54, 1.807) is 19.1 Å². The molecule has 1 rings (SSSR count). The highest BCUT2D eigenvalue weighted by Gasteiger charge is 2.13. The van der Waals surface area contributed by atoms with Crippen molar-refractivity contribution in [2.75, 3.05) is 20.3 Å². The molecule has 0 aliphatic carbocycles. The lowest BCUT2D eigenvalue weighted by atomic mass is 10.2.